The third-order valence-electron chi connectivity index (χ3n) is 3.46. The molecule has 0 saturated carbocycles. The van der Waals surface area contributed by atoms with Gasteiger partial charge in [0.2, 0.25) is 0 Å². The van der Waals surface area contributed by atoms with E-state index in [1.54, 1.807) is 0 Å². The van der Waals surface area contributed by atoms with Crippen molar-refractivity contribution in [1.29, 1.82) is 0 Å². The molecule has 0 spiro atoms. The summed E-state index contributed by atoms with van der Waals surface area (Å²) in [6.45, 7) is 2.93. The summed E-state index contributed by atoms with van der Waals surface area (Å²) < 4.78 is 2.63. The van der Waals surface area contributed by atoms with Crippen LogP contribution in [0.1, 0.15) is 18.0 Å². The molecule has 80 valence electrons. The Balaban J connectivity index is 2.17. The summed E-state index contributed by atoms with van der Waals surface area (Å²) in [7, 11) is 0. The molecule has 1 fully saturated rings. The second kappa shape index (κ2) is 3.46. The molecule has 0 radical (unpaired) electrons. The molecule has 15 heavy (non-hydrogen) atoms. The molecule has 1 saturated heterocycles. The summed E-state index contributed by atoms with van der Waals surface area (Å²) in [5, 5.41) is 3.43. The lowest BCUT2D eigenvalue weighted by Gasteiger charge is -2.37. The average Bonchev–Trinajstić information content (AvgIpc) is 2.25. The Morgan fingerprint density at radius 1 is 1.40 bits per heavy atom. The summed E-state index contributed by atoms with van der Waals surface area (Å²) in [6, 6.07) is 3.96. The van der Waals surface area contributed by atoms with Gasteiger partial charge in [0, 0.05) is 24.7 Å². The van der Waals surface area contributed by atoms with Crippen molar-refractivity contribution in [1.82, 2.24) is 9.88 Å². The highest BCUT2D eigenvalue weighted by atomic mass is 79.9. The van der Waals surface area contributed by atoms with Crippen LogP contribution in [-0.2, 0) is 6.54 Å². The van der Waals surface area contributed by atoms with Gasteiger partial charge in [-0.15, -0.1) is 0 Å². The minimum atomic E-state index is 0.129. The van der Waals surface area contributed by atoms with Crippen LogP contribution in [0.15, 0.2) is 21.4 Å². The van der Waals surface area contributed by atoms with Gasteiger partial charge < -0.3 is 9.88 Å². The number of halogens is 1. The fourth-order valence-corrected chi connectivity index (χ4v) is 3.11. The van der Waals surface area contributed by atoms with Gasteiger partial charge >= 0.3 is 0 Å². The van der Waals surface area contributed by atoms with Crippen molar-refractivity contribution < 1.29 is 0 Å². The van der Waals surface area contributed by atoms with E-state index in [-0.39, 0.29) is 5.56 Å². The summed E-state index contributed by atoms with van der Waals surface area (Å²) in [6.07, 6.45) is 1.23. The number of nitrogens with zero attached hydrogens (tertiary/aromatic N) is 1. The first-order valence-electron chi connectivity index (χ1n) is 5.35. The summed E-state index contributed by atoms with van der Waals surface area (Å²) >= 11 is 3.31. The number of pyridine rings is 1. The Morgan fingerprint density at radius 2 is 2.27 bits per heavy atom. The van der Waals surface area contributed by atoms with Crippen LogP contribution in [0.3, 0.4) is 0 Å². The van der Waals surface area contributed by atoms with Gasteiger partial charge in [0.05, 0.1) is 4.47 Å². The molecule has 1 aromatic rings. The van der Waals surface area contributed by atoms with Crippen molar-refractivity contribution >= 4 is 15.9 Å². The van der Waals surface area contributed by atoms with Crippen molar-refractivity contribution in [2.45, 2.75) is 18.9 Å². The average molecular weight is 269 g/mol. The lowest BCUT2D eigenvalue weighted by Crippen LogP contribution is -2.44. The SMILES string of the molecule is O=c1c(Br)ccc2n1C[C@H]1CNC[C@@H]2C1. The van der Waals surface area contributed by atoms with Crippen LogP contribution in [0.4, 0.5) is 0 Å². The second-order valence-electron chi connectivity index (χ2n) is 4.48. The molecule has 3 heterocycles. The highest BCUT2D eigenvalue weighted by Crippen LogP contribution is 2.31. The topological polar surface area (TPSA) is 34.0 Å². The number of piperidine rings is 1. The molecular formula is C11H13BrN2O. The molecule has 0 amide bonds. The normalized spacial score (nSPS) is 28.6. The lowest BCUT2D eigenvalue weighted by molar-refractivity contribution is 0.257. The van der Waals surface area contributed by atoms with Crippen molar-refractivity contribution in [2.24, 2.45) is 5.92 Å². The molecule has 3 rings (SSSR count). The van der Waals surface area contributed by atoms with E-state index in [2.05, 4.69) is 27.3 Å². The van der Waals surface area contributed by atoms with Crippen LogP contribution >= 0.6 is 15.9 Å². The van der Waals surface area contributed by atoms with Crippen LogP contribution in [0.2, 0.25) is 0 Å². The molecule has 0 aliphatic carbocycles. The Morgan fingerprint density at radius 3 is 3.13 bits per heavy atom. The van der Waals surface area contributed by atoms with Gasteiger partial charge in [0.25, 0.3) is 5.56 Å². The van der Waals surface area contributed by atoms with E-state index in [1.165, 1.54) is 12.1 Å². The maximum Gasteiger partial charge on any atom is 0.265 e. The zero-order chi connectivity index (χ0) is 10.4. The van der Waals surface area contributed by atoms with E-state index in [0.717, 1.165) is 19.6 Å². The lowest BCUT2D eigenvalue weighted by atomic mass is 9.84. The van der Waals surface area contributed by atoms with Gasteiger partial charge in [-0.25, -0.2) is 0 Å². The Hall–Kier alpha value is -0.610. The Kier molecular flexibility index (Phi) is 2.21. The van der Waals surface area contributed by atoms with Crippen LogP contribution < -0.4 is 10.9 Å². The minimum absolute atomic E-state index is 0.129. The molecule has 1 N–H and O–H groups in total. The first-order chi connectivity index (χ1) is 7.25. The Labute approximate surface area is 96.6 Å². The first kappa shape index (κ1) is 9.60. The predicted molar refractivity (Wildman–Crippen MR) is 62.1 cm³/mol. The van der Waals surface area contributed by atoms with Crippen molar-refractivity contribution in [3.8, 4) is 0 Å². The quantitative estimate of drug-likeness (QED) is 0.770. The fourth-order valence-electron chi connectivity index (χ4n) is 2.76. The number of aromatic nitrogens is 1. The van der Waals surface area contributed by atoms with Gasteiger partial charge in [-0.3, -0.25) is 4.79 Å². The number of hydrogen-bond acceptors (Lipinski definition) is 2. The Bertz CT molecular complexity index is 454. The first-order valence-corrected chi connectivity index (χ1v) is 6.15. The maximum absolute atomic E-state index is 11.9. The van der Waals surface area contributed by atoms with E-state index in [9.17, 15) is 4.79 Å². The second-order valence-corrected chi connectivity index (χ2v) is 5.33. The predicted octanol–water partition coefficient (Wildman–Crippen LogP) is 1.32. The molecule has 2 aliphatic rings. The molecule has 2 bridgehead atoms. The van der Waals surface area contributed by atoms with Crippen molar-refractivity contribution in [3.63, 3.8) is 0 Å². The molecule has 4 heteroatoms. The van der Waals surface area contributed by atoms with Crippen LogP contribution in [0.25, 0.3) is 0 Å². The highest BCUT2D eigenvalue weighted by Gasteiger charge is 2.30. The summed E-state index contributed by atoms with van der Waals surface area (Å²) in [5.41, 5.74) is 1.33. The standard InChI is InChI=1S/C11H13BrN2O/c12-9-1-2-10-8-3-7(4-13-5-8)6-14(10)11(9)15/h1-2,7-8,13H,3-6H2/t7-,8+/m1/s1. The van der Waals surface area contributed by atoms with Gasteiger partial charge in [-0.1, -0.05) is 0 Å². The van der Waals surface area contributed by atoms with Crippen LogP contribution in [0.5, 0.6) is 0 Å². The smallest absolute Gasteiger partial charge is 0.265 e. The van der Waals surface area contributed by atoms with Gasteiger partial charge in [-0.2, -0.15) is 0 Å². The van der Waals surface area contributed by atoms with E-state index in [0.29, 0.717) is 16.3 Å². The van der Waals surface area contributed by atoms with E-state index in [1.807, 2.05) is 10.6 Å². The van der Waals surface area contributed by atoms with Crippen LogP contribution in [-0.4, -0.2) is 17.7 Å². The van der Waals surface area contributed by atoms with Crippen molar-refractivity contribution in [3.05, 3.63) is 32.7 Å². The molecule has 0 unspecified atom stereocenters. The zero-order valence-electron chi connectivity index (χ0n) is 8.37. The van der Waals surface area contributed by atoms with E-state index >= 15 is 0 Å². The zero-order valence-corrected chi connectivity index (χ0v) is 9.96. The van der Waals surface area contributed by atoms with E-state index < -0.39 is 0 Å². The molecule has 2 atom stereocenters. The monoisotopic (exact) mass is 268 g/mol. The number of hydrogen-bond donors (Lipinski definition) is 1. The van der Waals surface area contributed by atoms with Gasteiger partial charge in [0.1, 0.15) is 0 Å². The third kappa shape index (κ3) is 1.47. The number of fused-ring (bicyclic) bond motifs is 4. The number of nitrogens with one attached hydrogen (secondary N) is 1. The fraction of sp³-hybridized carbons (Fsp3) is 0.545. The van der Waals surface area contributed by atoms with E-state index in [4.69, 9.17) is 0 Å². The molecule has 2 aliphatic heterocycles. The van der Waals surface area contributed by atoms with Gasteiger partial charge in [0.15, 0.2) is 0 Å². The van der Waals surface area contributed by atoms with Crippen molar-refractivity contribution in [2.75, 3.05) is 13.1 Å². The third-order valence-corrected chi connectivity index (χ3v) is 4.07. The molecule has 1 aromatic heterocycles. The molecular weight excluding hydrogens is 256 g/mol. The summed E-state index contributed by atoms with van der Waals surface area (Å²) in [5.74, 6) is 1.15. The largest absolute Gasteiger partial charge is 0.316 e. The minimum Gasteiger partial charge on any atom is -0.316 e. The number of rotatable bonds is 0. The van der Waals surface area contributed by atoms with Gasteiger partial charge in [-0.05, 0) is 46.9 Å². The molecule has 0 aromatic carbocycles. The maximum atomic E-state index is 11.9. The summed E-state index contributed by atoms with van der Waals surface area (Å²) in [4.78, 5) is 11.9. The molecule has 3 nitrogen and oxygen atoms in total. The van der Waals surface area contributed by atoms with Crippen LogP contribution in [0, 0.1) is 5.92 Å². The highest BCUT2D eigenvalue weighted by molar-refractivity contribution is 9.10.